The molecule has 1 rings (SSSR count). The van der Waals surface area contributed by atoms with E-state index in [2.05, 4.69) is 10.3 Å². The number of nitrogens with one attached hydrogen (secondary N) is 1. The average Bonchev–Trinajstić information content (AvgIpc) is 2.23. The SMILES string of the molecule is Cc1ncc(CO)c(CNCC(C)(C)O)c1O. The Hall–Kier alpha value is -1.17. The van der Waals surface area contributed by atoms with Gasteiger partial charge in [-0.15, -0.1) is 0 Å². The van der Waals surface area contributed by atoms with Gasteiger partial charge in [-0.25, -0.2) is 0 Å². The standard InChI is InChI=1S/C12H20N2O3/c1-8-11(16)10(9(6-15)4-14-8)5-13-7-12(2,3)17/h4,13,15-17H,5-7H2,1-3H3. The zero-order valence-corrected chi connectivity index (χ0v) is 10.5. The fraction of sp³-hybridized carbons (Fsp3) is 0.583. The third-order valence-electron chi connectivity index (χ3n) is 2.46. The minimum absolute atomic E-state index is 0.0970. The molecule has 17 heavy (non-hydrogen) atoms. The lowest BCUT2D eigenvalue weighted by atomic mass is 10.1. The van der Waals surface area contributed by atoms with E-state index in [0.29, 0.717) is 29.9 Å². The van der Waals surface area contributed by atoms with Gasteiger partial charge in [0.15, 0.2) is 0 Å². The predicted octanol–water partition coefficient (Wildman–Crippen LogP) is 0.448. The van der Waals surface area contributed by atoms with Crippen LogP contribution >= 0.6 is 0 Å². The van der Waals surface area contributed by atoms with Crippen molar-refractivity contribution in [2.75, 3.05) is 6.54 Å². The molecule has 0 aliphatic heterocycles. The van der Waals surface area contributed by atoms with Gasteiger partial charge in [0.2, 0.25) is 0 Å². The quantitative estimate of drug-likeness (QED) is 0.600. The summed E-state index contributed by atoms with van der Waals surface area (Å²) in [6, 6.07) is 0. The summed E-state index contributed by atoms with van der Waals surface area (Å²) in [6.07, 6.45) is 1.55. The molecule has 96 valence electrons. The van der Waals surface area contributed by atoms with Crippen molar-refractivity contribution in [3.05, 3.63) is 23.0 Å². The fourth-order valence-electron chi connectivity index (χ4n) is 1.51. The minimum Gasteiger partial charge on any atom is -0.506 e. The minimum atomic E-state index is -0.808. The molecule has 0 aliphatic rings. The molecule has 0 unspecified atom stereocenters. The molecule has 4 N–H and O–H groups in total. The molecule has 0 aliphatic carbocycles. The van der Waals surface area contributed by atoms with Crippen molar-refractivity contribution in [3.8, 4) is 5.75 Å². The summed E-state index contributed by atoms with van der Waals surface area (Å²) in [7, 11) is 0. The molecule has 0 saturated carbocycles. The molecule has 0 amide bonds. The first-order valence-electron chi connectivity index (χ1n) is 5.55. The Balaban J connectivity index is 2.79. The lowest BCUT2D eigenvalue weighted by Gasteiger charge is -2.19. The zero-order chi connectivity index (χ0) is 13.1. The van der Waals surface area contributed by atoms with E-state index in [4.69, 9.17) is 5.11 Å². The van der Waals surface area contributed by atoms with Gasteiger partial charge in [0, 0.05) is 30.4 Å². The third-order valence-corrected chi connectivity index (χ3v) is 2.46. The maximum Gasteiger partial charge on any atom is 0.141 e. The van der Waals surface area contributed by atoms with Crippen LogP contribution in [0.3, 0.4) is 0 Å². The summed E-state index contributed by atoms with van der Waals surface area (Å²) in [6.45, 7) is 5.72. The van der Waals surface area contributed by atoms with Crippen LogP contribution in [0.15, 0.2) is 6.20 Å². The van der Waals surface area contributed by atoms with Crippen LogP contribution in [0.5, 0.6) is 5.75 Å². The Bertz CT molecular complexity index is 386. The first kappa shape index (κ1) is 13.9. The van der Waals surface area contributed by atoms with E-state index < -0.39 is 5.60 Å². The average molecular weight is 240 g/mol. The van der Waals surface area contributed by atoms with E-state index in [-0.39, 0.29) is 12.4 Å². The third kappa shape index (κ3) is 3.96. The molecule has 0 spiro atoms. The number of nitrogens with zero attached hydrogens (tertiary/aromatic N) is 1. The first-order chi connectivity index (χ1) is 7.85. The maximum absolute atomic E-state index is 9.86. The molecule has 5 heteroatoms. The molecule has 0 radical (unpaired) electrons. The number of aromatic hydroxyl groups is 1. The van der Waals surface area contributed by atoms with E-state index in [0.717, 1.165) is 0 Å². The number of rotatable bonds is 5. The van der Waals surface area contributed by atoms with Crippen molar-refractivity contribution in [2.45, 2.75) is 39.5 Å². The predicted molar refractivity (Wildman–Crippen MR) is 64.6 cm³/mol. The fourth-order valence-corrected chi connectivity index (χ4v) is 1.51. The number of aliphatic hydroxyl groups is 2. The second-order valence-corrected chi connectivity index (χ2v) is 4.77. The van der Waals surface area contributed by atoms with Crippen LogP contribution in [-0.4, -0.2) is 32.4 Å². The molecular weight excluding hydrogens is 220 g/mol. The Labute approximate surface area is 101 Å². The van der Waals surface area contributed by atoms with Crippen LogP contribution in [-0.2, 0) is 13.2 Å². The van der Waals surface area contributed by atoms with Gasteiger partial charge >= 0.3 is 0 Å². The second-order valence-electron chi connectivity index (χ2n) is 4.77. The van der Waals surface area contributed by atoms with Gasteiger partial charge in [0.25, 0.3) is 0 Å². The van der Waals surface area contributed by atoms with E-state index in [1.54, 1.807) is 27.0 Å². The number of hydrogen-bond acceptors (Lipinski definition) is 5. The summed E-state index contributed by atoms with van der Waals surface area (Å²) in [4.78, 5) is 3.98. The molecule has 5 nitrogen and oxygen atoms in total. The summed E-state index contributed by atoms with van der Waals surface area (Å²) in [5, 5.41) is 31.6. The van der Waals surface area contributed by atoms with Crippen LogP contribution in [0.4, 0.5) is 0 Å². The lowest BCUT2D eigenvalue weighted by molar-refractivity contribution is 0.0794. The number of aryl methyl sites for hydroxylation is 1. The van der Waals surface area contributed by atoms with Gasteiger partial charge in [-0.2, -0.15) is 0 Å². The first-order valence-corrected chi connectivity index (χ1v) is 5.55. The van der Waals surface area contributed by atoms with Gasteiger partial charge in [-0.05, 0) is 20.8 Å². The van der Waals surface area contributed by atoms with Crippen LogP contribution in [0.1, 0.15) is 30.7 Å². The summed E-state index contributed by atoms with van der Waals surface area (Å²) in [5.74, 6) is 0.0970. The smallest absolute Gasteiger partial charge is 0.141 e. The van der Waals surface area contributed by atoms with Crippen molar-refractivity contribution in [1.82, 2.24) is 10.3 Å². The lowest BCUT2D eigenvalue weighted by Crippen LogP contribution is -2.34. The van der Waals surface area contributed by atoms with Crippen LogP contribution in [0.25, 0.3) is 0 Å². The number of aromatic nitrogens is 1. The number of pyridine rings is 1. The van der Waals surface area contributed by atoms with Crippen molar-refractivity contribution in [1.29, 1.82) is 0 Å². The number of aliphatic hydroxyl groups excluding tert-OH is 1. The Morgan fingerprint density at radius 1 is 1.41 bits per heavy atom. The van der Waals surface area contributed by atoms with E-state index in [9.17, 15) is 10.2 Å². The van der Waals surface area contributed by atoms with Crippen LogP contribution < -0.4 is 5.32 Å². The van der Waals surface area contributed by atoms with Crippen LogP contribution in [0.2, 0.25) is 0 Å². The normalized spacial score (nSPS) is 11.8. The van der Waals surface area contributed by atoms with Gasteiger partial charge in [-0.3, -0.25) is 4.98 Å². The Kier molecular flexibility index (Phi) is 4.45. The molecule has 1 aromatic heterocycles. The van der Waals surface area contributed by atoms with Crippen molar-refractivity contribution >= 4 is 0 Å². The monoisotopic (exact) mass is 240 g/mol. The molecular formula is C12H20N2O3. The van der Waals surface area contributed by atoms with Crippen molar-refractivity contribution < 1.29 is 15.3 Å². The van der Waals surface area contributed by atoms with Gasteiger partial charge in [0.05, 0.1) is 17.9 Å². The summed E-state index contributed by atoms with van der Waals surface area (Å²) in [5.41, 5.74) is 0.944. The maximum atomic E-state index is 9.86. The zero-order valence-electron chi connectivity index (χ0n) is 10.5. The molecule has 0 atom stereocenters. The van der Waals surface area contributed by atoms with Crippen LogP contribution in [0, 0.1) is 6.92 Å². The molecule has 0 fully saturated rings. The van der Waals surface area contributed by atoms with Gasteiger partial charge in [-0.1, -0.05) is 0 Å². The number of hydrogen-bond donors (Lipinski definition) is 4. The van der Waals surface area contributed by atoms with Crippen molar-refractivity contribution in [2.24, 2.45) is 0 Å². The second kappa shape index (κ2) is 5.44. The summed E-state index contributed by atoms with van der Waals surface area (Å²) < 4.78 is 0. The van der Waals surface area contributed by atoms with E-state index in [1.165, 1.54) is 0 Å². The topological polar surface area (TPSA) is 85.6 Å². The molecule has 1 heterocycles. The highest BCUT2D eigenvalue weighted by molar-refractivity contribution is 5.40. The molecule has 1 aromatic rings. The molecule has 0 bridgehead atoms. The van der Waals surface area contributed by atoms with E-state index in [1.807, 2.05) is 0 Å². The highest BCUT2D eigenvalue weighted by Crippen LogP contribution is 2.23. The van der Waals surface area contributed by atoms with Gasteiger partial charge < -0.3 is 20.6 Å². The Morgan fingerprint density at radius 2 is 2.06 bits per heavy atom. The molecule has 0 aromatic carbocycles. The van der Waals surface area contributed by atoms with Crippen molar-refractivity contribution in [3.63, 3.8) is 0 Å². The summed E-state index contributed by atoms with van der Waals surface area (Å²) >= 11 is 0. The highest BCUT2D eigenvalue weighted by Gasteiger charge is 2.14. The highest BCUT2D eigenvalue weighted by atomic mass is 16.3. The largest absolute Gasteiger partial charge is 0.506 e. The van der Waals surface area contributed by atoms with Gasteiger partial charge in [0.1, 0.15) is 5.75 Å². The van der Waals surface area contributed by atoms with E-state index >= 15 is 0 Å². The molecule has 0 saturated heterocycles. The Morgan fingerprint density at radius 3 is 2.59 bits per heavy atom.